The number of benzene rings is 1. The summed E-state index contributed by atoms with van der Waals surface area (Å²) in [7, 11) is 0. The lowest BCUT2D eigenvalue weighted by atomic mass is 9.80. The number of fused-ring (bicyclic) bond motifs is 1. The van der Waals surface area contributed by atoms with Crippen molar-refractivity contribution < 1.29 is 19.4 Å². The van der Waals surface area contributed by atoms with Crippen molar-refractivity contribution in [2.45, 2.75) is 44.6 Å². The number of likely N-dealkylation sites (tertiary alicyclic amines) is 1. The molecular formula is C20H27Cl2NO4. The number of hydrogen-bond acceptors (Lipinski definition) is 4. The number of halogens is 2. The van der Waals surface area contributed by atoms with Crippen LogP contribution in [0.15, 0.2) is 18.2 Å². The van der Waals surface area contributed by atoms with Crippen LogP contribution in [0.25, 0.3) is 0 Å². The van der Waals surface area contributed by atoms with Gasteiger partial charge in [-0.1, -0.05) is 29.3 Å². The van der Waals surface area contributed by atoms with Crippen molar-refractivity contribution in [3.8, 4) is 0 Å². The number of ether oxygens (including phenoxy) is 2. The van der Waals surface area contributed by atoms with Gasteiger partial charge in [0.15, 0.2) is 0 Å². The molecule has 1 heterocycles. The van der Waals surface area contributed by atoms with Crippen LogP contribution in [0.5, 0.6) is 0 Å². The minimum absolute atomic E-state index is 0.0222. The van der Waals surface area contributed by atoms with Gasteiger partial charge in [0, 0.05) is 23.9 Å². The first kappa shape index (κ1) is 20.7. The molecule has 1 aromatic carbocycles. The summed E-state index contributed by atoms with van der Waals surface area (Å²) in [5, 5.41) is 10.1. The van der Waals surface area contributed by atoms with Gasteiger partial charge in [-0.15, -0.1) is 0 Å². The Hall–Kier alpha value is -1.01. The number of amides is 1. The highest BCUT2D eigenvalue weighted by Crippen LogP contribution is 2.69. The zero-order valence-electron chi connectivity index (χ0n) is 16.1. The summed E-state index contributed by atoms with van der Waals surface area (Å²) in [4.78, 5) is 14.3. The molecule has 2 aliphatic rings. The molecule has 2 fully saturated rings. The largest absolute Gasteiger partial charge is 0.444 e. The lowest BCUT2D eigenvalue weighted by molar-refractivity contribution is -0.00305. The van der Waals surface area contributed by atoms with Gasteiger partial charge in [-0.2, -0.15) is 0 Å². The molecule has 1 aliphatic heterocycles. The first-order valence-corrected chi connectivity index (χ1v) is 10.0. The molecule has 1 saturated heterocycles. The Morgan fingerprint density at radius 3 is 2.67 bits per heavy atom. The third-order valence-corrected chi connectivity index (χ3v) is 6.31. The number of carbonyl (C=O) groups excluding carboxylic acids is 1. The molecule has 7 heteroatoms. The van der Waals surface area contributed by atoms with E-state index in [0.29, 0.717) is 29.7 Å². The number of aliphatic hydroxyl groups excluding tert-OH is 1. The van der Waals surface area contributed by atoms with Crippen molar-refractivity contribution in [1.82, 2.24) is 4.90 Å². The molecular weight excluding hydrogens is 389 g/mol. The van der Waals surface area contributed by atoms with E-state index in [9.17, 15) is 4.79 Å². The summed E-state index contributed by atoms with van der Waals surface area (Å²) < 4.78 is 11.3. The fourth-order valence-corrected chi connectivity index (χ4v) is 4.56. The molecule has 1 saturated carbocycles. The molecule has 2 atom stereocenters. The van der Waals surface area contributed by atoms with Gasteiger partial charge in [-0.05, 0) is 51.3 Å². The van der Waals surface area contributed by atoms with Crippen molar-refractivity contribution in [1.29, 1.82) is 0 Å². The zero-order chi connectivity index (χ0) is 19.9. The highest BCUT2D eigenvalue weighted by atomic mass is 35.5. The van der Waals surface area contributed by atoms with Crippen LogP contribution in [0.2, 0.25) is 10.0 Å². The van der Waals surface area contributed by atoms with Crippen LogP contribution in [0.1, 0.15) is 39.2 Å². The summed E-state index contributed by atoms with van der Waals surface area (Å²) in [5.41, 5.74) is 0.316. The van der Waals surface area contributed by atoms with Crippen molar-refractivity contribution >= 4 is 29.3 Å². The van der Waals surface area contributed by atoms with Crippen LogP contribution in [0, 0.1) is 5.41 Å². The molecule has 1 aliphatic carbocycles. The Morgan fingerprint density at radius 2 is 2.04 bits per heavy atom. The van der Waals surface area contributed by atoms with Crippen LogP contribution >= 0.6 is 23.2 Å². The van der Waals surface area contributed by atoms with Gasteiger partial charge in [-0.25, -0.2) is 4.79 Å². The number of nitrogens with zero attached hydrogens (tertiary/aromatic N) is 1. The molecule has 0 spiro atoms. The first-order valence-electron chi connectivity index (χ1n) is 9.25. The first-order chi connectivity index (χ1) is 12.6. The number of hydrogen-bond donors (Lipinski definition) is 1. The van der Waals surface area contributed by atoms with E-state index in [1.807, 2.05) is 39.0 Å². The molecule has 0 radical (unpaired) electrons. The average molecular weight is 416 g/mol. The van der Waals surface area contributed by atoms with Gasteiger partial charge in [0.05, 0.1) is 29.9 Å². The van der Waals surface area contributed by atoms with Crippen LogP contribution in [-0.2, 0) is 14.9 Å². The molecule has 1 aromatic rings. The minimum atomic E-state index is -0.528. The number of carbonyl (C=O) groups is 1. The Balaban J connectivity index is 1.83. The maximum Gasteiger partial charge on any atom is 0.410 e. The van der Waals surface area contributed by atoms with Crippen LogP contribution in [-0.4, -0.2) is 54.6 Å². The summed E-state index contributed by atoms with van der Waals surface area (Å²) in [6, 6.07) is 5.78. The van der Waals surface area contributed by atoms with Crippen LogP contribution in [0.4, 0.5) is 4.79 Å². The molecule has 1 amide bonds. The monoisotopic (exact) mass is 415 g/mol. The number of piperidine rings is 1. The third kappa shape index (κ3) is 4.07. The predicted octanol–water partition coefficient (Wildman–Crippen LogP) is 4.27. The molecule has 0 aromatic heterocycles. The van der Waals surface area contributed by atoms with Crippen molar-refractivity contribution in [2.24, 2.45) is 5.41 Å². The number of aliphatic hydroxyl groups is 1. The van der Waals surface area contributed by atoms with Gasteiger partial charge < -0.3 is 19.5 Å². The van der Waals surface area contributed by atoms with E-state index in [1.54, 1.807) is 4.90 Å². The van der Waals surface area contributed by atoms with Crippen molar-refractivity contribution in [3.05, 3.63) is 33.8 Å². The lowest BCUT2D eigenvalue weighted by Crippen LogP contribution is -2.48. The van der Waals surface area contributed by atoms with Gasteiger partial charge in [0.2, 0.25) is 0 Å². The minimum Gasteiger partial charge on any atom is -0.444 e. The molecule has 150 valence electrons. The summed E-state index contributed by atoms with van der Waals surface area (Å²) >= 11 is 12.3. The van der Waals surface area contributed by atoms with E-state index >= 15 is 0 Å². The molecule has 1 N–H and O–H groups in total. The Bertz CT molecular complexity index is 720. The van der Waals surface area contributed by atoms with Crippen molar-refractivity contribution in [3.63, 3.8) is 0 Å². The third-order valence-electron chi connectivity index (χ3n) is 5.57. The maximum absolute atomic E-state index is 12.6. The van der Waals surface area contributed by atoms with E-state index < -0.39 is 5.60 Å². The Labute approximate surface area is 170 Å². The predicted molar refractivity (Wildman–Crippen MR) is 106 cm³/mol. The topological polar surface area (TPSA) is 59.0 Å². The fraction of sp³-hybridized carbons (Fsp3) is 0.650. The van der Waals surface area contributed by atoms with E-state index in [-0.39, 0.29) is 30.1 Å². The van der Waals surface area contributed by atoms with Crippen molar-refractivity contribution in [2.75, 3.05) is 32.9 Å². The second-order valence-corrected chi connectivity index (χ2v) is 9.41. The molecule has 27 heavy (non-hydrogen) atoms. The Morgan fingerprint density at radius 1 is 1.30 bits per heavy atom. The molecule has 5 nitrogen and oxygen atoms in total. The second-order valence-electron chi connectivity index (χ2n) is 8.60. The van der Waals surface area contributed by atoms with E-state index in [1.165, 1.54) is 0 Å². The highest BCUT2D eigenvalue weighted by Gasteiger charge is 2.70. The van der Waals surface area contributed by atoms with Crippen LogP contribution in [0.3, 0.4) is 0 Å². The molecule has 2 unspecified atom stereocenters. The molecule has 0 bridgehead atoms. The normalized spacial score (nSPS) is 27.3. The SMILES string of the molecule is CC(C)(C)OC(=O)N1CCC2(c3ccc(Cl)c(Cl)c3)CC2(COCCO)C1. The fourth-order valence-electron chi connectivity index (χ4n) is 4.26. The summed E-state index contributed by atoms with van der Waals surface area (Å²) in [5.74, 6) is 0. The van der Waals surface area contributed by atoms with Gasteiger partial charge in [-0.3, -0.25) is 0 Å². The molecule has 3 rings (SSSR count). The van der Waals surface area contributed by atoms with Gasteiger partial charge in [0.25, 0.3) is 0 Å². The Kier molecular flexibility index (Phi) is 5.70. The van der Waals surface area contributed by atoms with Gasteiger partial charge >= 0.3 is 6.09 Å². The van der Waals surface area contributed by atoms with E-state index in [2.05, 4.69) is 0 Å². The van der Waals surface area contributed by atoms with Crippen LogP contribution < -0.4 is 0 Å². The zero-order valence-corrected chi connectivity index (χ0v) is 17.6. The average Bonchev–Trinajstić information content (AvgIpc) is 3.25. The van der Waals surface area contributed by atoms with E-state index in [4.69, 9.17) is 37.8 Å². The maximum atomic E-state index is 12.6. The standard InChI is InChI=1S/C20H27Cl2NO4/c1-18(2,3)27-17(25)23-7-6-20(14-4-5-15(21)16(22)10-14)11-19(20,12-23)13-26-9-8-24/h4-5,10,24H,6-9,11-13H2,1-3H3. The van der Waals surface area contributed by atoms with Gasteiger partial charge in [0.1, 0.15) is 5.60 Å². The summed E-state index contributed by atoms with van der Waals surface area (Å²) in [6.07, 6.45) is 1.42. The van der Waals surface area contributed by atoms with E-state index in [0.717, 1.165) is 18.4 Å². The lowest BCUT2D eigenvalue weighted by Gasteiger charge is -2.38. The quantitative estimate of drug-likeness (QED) is 0.729. The highest BCUT2D eigenvalue weighted by molar-refractivity contribution is 6.42. The second kappa shape index (κ2) is 7.43. The number of rotatable bonds is 5. The summed E-state index contributed by atoms with van der Waals surface area (Å²) in [6.45, 7) is 7.53. The smallest absolute Gasteiger partial charge is 0.410 e.